The van der Waals surface area contributed by atoms with Gasteiger partial charge >= 0.3 is 5.97 Å². The minimum absolute atomic E-state index is 0.0938. The number of carbonyl (C=O) groups excluding carboxylic acids is 1. The lowest BCUT2D eigenvalue weighted by Crippen LogP contribution is -2.11. The summed E-state index contributed by atoms with van der Waals surface area (Å²) in [5.41, 5.74) is 1.15. The van der Waals surface area contributed by atoms with Gasteiger partial charge in [0.05, 0.1) is 13.0 Å². The van der Waals surface area contributed by atoms with Gasteiger partial charge in [0.2, 0.25) is 0 Å². The summed E-state index contributed by atoms with van der Waals surface area (Å²) in [6, 6.07) is 17.7. The zero-order valence-electron chi connectivity index (χ0n) is 12.9. The van der Waals surface area contributed by atoms with E-state index >= 15 is 0 Å². The average Bonchev–Trinajstić information content (AvgIpc) is 2.60. The molecule has 0 saturated heterocycles. The fourth-order valence-corrected chi connectivity index (χ4v) is 1.74. The molecule has 0 aromatic heterocycles. The second-order valence-corrected chi connectivity index (χ2v) is 4.68. The molecule has 0 saturated carbocycles. The van der Waals surface area contributed by atoms with E-state index in [2.05, 4.69) is 4.74 Å². The molecule has 23 heavy (non-hydrogen) atoms. The standard InChI is InChI=1S/C14H12O2.C4H8O3/c15-13(11-7-3-1-4-8-11)14(16)12-9-5-2-6-10-12;1-7-3-2-4(5)6/h1-10,13,15H;2-3H2,1H3,(H,5,6). The minimum Gasteiger partial charge on any atom is -0.481 e. The van der Waals surface area contributed by atoms with Crippen LogP contribution in [0.4, 0.5) is 0 Å². The van der Waals surface area contributed by atoms with Crippen molar-refractivity contribution in [2.75, 3.05) is 13.7 Å². The molecule has 122 valence electrons. The van der Waals surface area contributed by atoms with Gasteiger partial charge in [0.25, 0.3) is 0 Å². The van der Waals surface area contributed by atoms with Gasteiger partial charge in [-0.25, -0.2) is 0 Å². The van der Waals surface area contributed by atoms with E-state index in [9.17, 15) is 14.7 Å². The van der Waals surface area contributed by atoms with Crippen molar-refractivity contribution in [2.24, 2.45) is 0 Å². The predicted molar refractivity (Wildman–Crippen MR) is 86.3 cm³/mol. The topological polar surface area (TPSA) is 83.8 Å². The molecule has 5 heteroatoms. The second-order valence-electron chi connectivity index (χ2n) is 4.68. The Hall–Kier alpha value is -2.50. The van der Waals surface area contributed by atoms with E-state index in [0.29, 0.717) is 17.7 Å². The molecule has 0 bridgehead atoms. The fourth-order valence-electron chi connectivity index (χ4n) is 1.74. The minimum atomic E-state index is -1.08. The lowest BCUT2D eigenvalue weighted by Gasteiger charge is -2.09. The first kappa shape index (κ1) is 18.5. The number of aliphatic carboxylic acids is 1. The highest BCUT2D eigenvalue weighted by Gasteiger charge is 2.18. The van der Waals surface area contributed by atoms with Gasteiger partial charge in [-0.2, -0.15) is 0 Å². The molecule has 1 atom stereocenters. The van der Waals surface area contributed by atoms with Crippen LogP contribution in [-0.2, 0) is 9.53 Å². The molecule has 0 spiro atoms. The summed E-state index contributed by atoms with van der Waals surface area (Å²) in [5, 5.41) is 17.9. The van der Waals surface area contributed by atoms with E-state index < -0.39 is 12.1 Å². The van der Waals surface area contributed by atoms with Crippen LogP contribution in [0.15, 0.2) is 60.7 Å². The van der Waals surface area contributed by atoms with Crippen molar-refractivity contribution in [3.63, 3.8) is 0 Å². The number of hydrogen-bond donors (Lipinski definition) is 2. The largest absolute Gasteiger partial charge is 0.481 e. The molecule has 2 N–H and O–H groups in total. The van der Waals surface area contributed by atoms with Gasteiger partial charge in [-0.1, -0.05) is 60.7 Å². The molecule has 0 aliphatic carbocycles. The van der Waals surface area contributed by atoms with Crippen molar-refractivity contribution in [1.82, 2.24) is 0 Å². The fraction of sp³-hybridized carbons (Fsp3) is 0.222. The zero-order chi connectivity index (χ0) is 17.1. The van der Waals surface area contributed by atoms with E-state index in [4.69, 9.17) is 5.11 Å². The zero-order valence-corrected chi connectivity index (χ0v) is 12.9. The maximum atomic E-state index is 11.9. The molecule has 0 heterocycles. The Morgan fingerprint density at radius 3 is 1.96 bits per heavy atom. The summed E-state index contributed by atoms with van der Waals surface area (Å²) in [5.74, 6) is -1.09. The highest BCUT2D eigenvalue weighted by atomic mass is 16.5. The maximum Gasteiger partial charge on any atom is 0.305 e. The summed E-state index contributed by atoms with van der Waals surface area (Å²) in [6.45, 7) is 0.301. The summed E-state index contributed by atoms with van der Waals surface area (Å²) >= 11 is 0. The molecule has 0 radical (unpaired) electrons. The SMILES string of the molecule is COCCC(=O)O.O=C(c1ccccc1)C(O)c1ccccc1. The summed E-state index contributed by atoms with van der Waals surface area (Å²) in [6.07, 6.45) is -0.986. The number of carbonyl (C=O) groups is 2. The first-order valence-corrected chi connectivity index (χ1v) is 7.09. The van der Waals surface area contributed by atoms with Gasteiger partial charge in [-0.15, -0.1) is 0 Å². The number of ketones is 1. The summed E-state index contributed by atoms with van der Waals surface area (Å²) in [4.78, 5) is 21.6. The Morgan fingerprint density at radius 1 is 1.00 bits per heavy atom. The summed E-state index contributed by atoms with van der Waals surface area (Å²) in [7, 11) is 1.48. The number of carboxylic acids is 1. The smallest absolute Gasteiger partial charge is 0.305 e. The number of aliphatic hydroxyl groups is 1. The number of carboxylic acid groups (broad SMARTS) is 1. The lowest BCUT2D eigenvalue weighted by molar-refractivity contribution is -0.137. The maximum absolute atomic E-state index is 11.9. The Bertz CT molecular complexity index is 595. The summed E-state index contributed by atoms with van der Waals surface area (Å²) < 4.78 is 4.47. The lowest BCUT2D eigenvalue weighted by atomic mass is 10.0. The molecule has 2 aromatic carbocycles. The molecule has 5 nitrogen and oxygen atoms in total. The number of rotatable bonds is 6. The molecule has 2 rings (SSSR count). The van der Waals surface area contributed by atoms with Crippen LogP contribution in [0.5, 0.6) is 0 Å². The molecular weight excluding hydrogens is 296 g/mol. The Morgan fingerprint density at radius 2 is 1.52 bits per heavy atom. The molecule has 0 aliphatic rings. The Kier molecular flexibility index (Phi) is 8.28. The van der Waals surface area contributed by atoms with Gasteiger partial charge in [0, 0.05) is 12.7 Å². The number of benzene rings is 2. The predicted octanol–water partition coefficient (Wildman–Crippen LogP) is 2.71. The highest BCUT2D eigenvalue weighted by molar-refractivity contribution is 5.99. The van der Waals surface area contributed by atoms with Crippen molar-refractivity contribution < 1.29 is 24.5 Å². The molecule has 0 fully saturated rings. The van der Waals surface area contributed by atoms with E-state index in [-0.39, 0.29) is 12.2 Å². The first-order valence-electron chi connectivity index (χ1n) is 7.09. The van der Waals surface area contributed by atoms with Crippen molar-refractivity contribution >= 4 is 11.8 Å². The van der Waals surface area contributed by atoms with Crippen LogP contribution in [0.25, 0.3) is 0 Å². The third kappa shape index (κ3) is 6.86. The van der Waals surface area contributed by atoms with Crippen LogP contribution in [0.1, 0.15) is 28.4 Å². The van der Waals surface area contributed by atoms with E-state index in [1.807, 2.05) is 12.1 Å². The van der Waals surface area contributed by atoms with Crippen LogP contribution >= 0.6 is 0 Å². The molecule has 2 aromatic rings. The van der Waals surface area contributed by atoms with Crippen LogP contribution in [0.2, 0.25) is 0 Å². The molecule has 1 unspecified atom stereocenters. The van der Waals surface area contributed by atoms with Crippen LogP contribution in [0.3, 0.4) is 0 Å². The number of ether oxygens (including phenoxy) is 1. The molecule has 0 amide bonds. The van der Waals surface area contributed by atoms with Crippen molar-refractivity contribution in [3.05, 3.63) is 71.8 Å². The van der Waals surface area contributed by atoms with E-state index in [0.717, 1.165) is 0 Å². The molecular formula is C18H20O5. The van der Waals surface area contributed by atoms with Gasteiger partial charge in [-0.05, 0) is 5.56 Å². The van der Waals surface area contributed by atoms with Crippen molar-refractivity contribution in [3.8, 4) is 0 Å². The number of methoxy groups -OCH3 is 1. The van der Waals surface area contributed by atoms with E-state index in [1.165, 1.54) is 7.11 Å². The van der Waals surface area contributed by atoms with Crippen molar-refractivity contribution in [1.29, 1.82) is 0 Å². The van der Waals surface area contributed by atoms with Crippen LogP contribution < -0.4 is 0 Å². The van der Waals surface area contributed by atoms with Gasteiger partial charge < -0.3 is 14.9 Å². The first-order chi connectivity index (χ1) is 11.1. The quantitative estimate of drug-likeness (QED) is 0.801. The van der Waals surface area contributed by atoms with E-state index in [1.54, 1.807) is 48.5 Å². The highest BCUT2D eigenvalue weighted by Crippen LogP contribution is 2.17. The third-order valence-electron chi connectivity index (χ3n) is 2.94. The third-order valence-corrected chi connectivity index (χ3v) is 2.94. The second kappa shape index (κ2) is 10.3. The average molecular weight is 316 g/mol. The Labute approximate surface area is 135 Å². The van der Waals surface area contributed by atoms with Gasteiger partial charge in [-0.3, -0.25) is 9.59 Å². The number of Topliss-reactive ketones (excluding diaryl/α,β-unsaturated/α-hetero) is 1. The van der Waals surface area contributed by atoms with Crippen molar-refractivity contribution in [2.45, 2.75) is 12.5 Å². The van der Waals surface area contributed by atoms with Gasteiger partial charge in [0.15, 0.2) is 5.78 Å². The van der Waals surface area contributed by atoms with Crippen LogP contribution in [-0.4, -0.2) is 35.7 Å². The Balaban J connectivity index is 0.000000322. The van der Waals surface area contributed by atoms with Crippen LogP contribution in [0, 0.1) is 0 Å². The molecule has 0 aliphatic heterocycles. The van der Waals surface area contributed by atoms with Gasteiger partial charge in [0.1, 0.15) is 6.10 Å². The normalized spacial score (nSPS) is 11.0. The number of hydrogen-bond acceptors (Lipinski definition) is 4. The number of aliphatic hydroxyl groups excluding tert-OH is 1. The monoisotopic (exact) mass is 316 g/mol.